The molecule has 0 bridgehead atoms. The number of hydrogen-bond donors (Lipinski definition) is 1. The van der Waals surface area contributed by atoms with Crippen molar-refractivity contribution >= 4 is 21.6 Å². The Morgan fingerprint density at radius 1 is 0.895 bits per heavy atom. The molecule has 1 heterocycles. The molecule has 200 valence electrons. The third kappa shape index (κ3) is 8.06. The molecule has 0 unspecified atom stereocenters. The van der Waals surface area contributed by atoms with Crippen molar-refractivity contribution in [1.82, 2.24) is 9.80 Å². The van der Waals surface area contributed by atoms with Gasteiger partial charge in [0.2, 0.25) is 0 Å². The molecule has 0 saturated carbocycles. The zero-order valence-corrected chi connectivity index (χ0v) is 22.8. The minimum atomic E-state index is -4.02. The summed E-state index contributed by atoms with van der Waals surface area (Å²) in [6, 6.07) is 21.2. The number of rotatable bonds is 9. The molecule has 0 amide bonds. The average molecular weight is 535 g/mol. The molecule has 0 aromatic heterocycles. The van der Waals surface area contributed by atoms with Gasteiger partial charge in [-0.1, -0.05) is 38.1 Å². The van der Waals surface area contributed by atoms with Crippen molar-refractivity contribution < 1.29 is 22.5 Å². The quantitative estimate of drug-likeness (QED) is 0.240. The minimum absolute atomic E-state index is 0.0666. The van der Waals surface area contributed by atoms with Gasteiger partial charge in [-0.25, -0.2) is 0 Å². The van der Waals surface area contributed by atoms with Crippen LogP contribution in [0.4, 0.5) is 0 Å². The molecule has 1 N–H and O–H groups in total. The first-order valence-electron chi connectivity index (χ1n) is 12.4. The Bertz CT molecular complexity index is 1360. The first-order valence-corrected chi connectivity index (χ1v) is 13.9. The van der Waals surface area contributed by atoms with Crippen LogP contribution in [0.25, 0.3) is 5.70 Å². The summed E-state index contributed by atoms with van der Waals surface area (Å²) in [6.45, 7) is 12.0. The molecular formula is C30H34N2O5S. The predicted octanol–water partition coefficient (Wildman–Crippen LogP) is 6.74. The minimum Gasteiger partial charge on any atom is -0.457 e. The summed E-state index contributed by atoms with van der Waals surface area (Å²) < 4.78 is 35.4. The topological polar surface area (TPSA) is 87.2 Å². The average Bonchev–Trinajstić information content (AvgIpc) is 3.38. The SMILES string of the molecule is C=C(c1ccc(Oc2ccc(C(=O)CC)cc2)cc1)N1C=CN(CCC)C1.Cc1ccc(S(=O)(=O)O)cc1. The highest BCUT2D eigenvalue weighted by atomic mass is 32.2. The normalized spacial score (nSPS) is 12.6. The molecule has 0 fully saturated rings. The first-order chi connectivity index (χ1) is 18.1. The van der Waals surface area contributed by atoms with Crippen LogP contribution in [0.15, 0.2) is 96.7 Å². The van der Waals surface area contributed by atoms with Crippen LogP contribution in [-0.4, -0.2) is 41.8 Å². The standard InChI is InChI=1S/C23H26N2O2.C7H8O3S/c1-4-14-24-15-16-25(17-24)18(3)19-6-10-21(11-7-19)27-22-12-8-20(9-13-22)23(26)5-2;1-6-2-4-7(5-3-6)11(8,9)10/h6-13,15-16H,3-5,14,17H2,1-2H3;2-5H,1H3,(H,8,9,10). The van der Waals surface area contributed by atoms with Crippen LogP contribution in [0.3, 0.4) is 0 Å². The highest BCUT2D eigenvalue weighted by molar-refractivity contribution is 7.85. The van der Waals surface area contributed by atoms with Crippen molar-refractivity contribution in [1.29, 1.82) is 0 Å². The lowest BCUT2D eigenvalue weighted by Gasteiger charge is -2.22. The second kappa shape index (κ2) is 13.1. The van der Waals surface area contributed by atoms with Gasteiger partial charge in [-0.05, 0) is 79.6 Å². The van der Waals surface area contributed by atoms with Gasteiger partial charge in [-0.3, -0.25) is 9.35 Å². The van der Waals surface area contributed by atoms with E-state index in [1.807, 2.05) is 50.2 Å². The lowest BCUT2D eigenvalue weighted by atomic mass is 10.1. The van der Waals surface area contributed by atoms with E-state index in [1.54, 1.807) is 24.3 Å². The van der Waals surface area contributed by atoms with Gasteiger partial charge < -0.3 is 14.5 Å². The molecule has 3 aromatic rings. The van der Waals surface area contributed by atoms with Gasteiger partial charge in [-0.2, -0.15) is 8.42 Å². The smallest absolute Gasteiger partial charge is 0.294 e. The molecule has 8 heteroatoms. The fourth-order valence-corrected chi connectivity index (χ4v) is 4.19. The van der Waals surface area contributed by atoms with Gasteiger partial charge in [0, 0.05) is 36.6 Å². The number of benzene rings is 3. The van der Waals surface area contributed by atoms with E-state index < -0.39 is 10.1 Å². The van der Waals surface area contributed by atoms with Gasteiger partial charge >= 0.3 is 0 Å². The molecule has 0 aliphatic carbocycles. The Morgan fingerprint density at radius 2 is 1.45 bits per heavy atom. The van der Waals surface area contributed by atoms with Gasteiger partial charge in [0.1, 0.15) is 11.5 Å². The zero-order chi connectivity index (χ0) is 27.7. The number of carbonyl (C=O) groups excluding carboxylic acids is 1. The maximum absolute atomic E-state index is 11.7. The molecular weight excluding hydrogens is 500 g/mol. The van der Waals surface area contributed by atoms with Crippen LogP contribution in [0.5, 0.6) is 11.5 Å². The third-order valence-corrected chi connectivity index (χ3v) is 6.76. The lowest BCUT2D eigenvalue weighted by molar-refractivity contribution is 0.0988. The van der Waals surface area contributed by atoms with Crippen molar-refractivity contribution in [3.8, 4) is 11.5 Å². The van der Waals surface area contributed by atoms with E-state index in [4.69, 9.17) is 9.29 Å². The summed E-state index contributed by atoms with van der Waals surface area (Å²) in [6.07, 6.45) is 5.82. The second-order valence-electron chi connectivity index (χ2n) is 8.88. The Kier molecular flexibility index (Phi) is 9.87. The number of carbonyl (C=O) groups is 1. The van der Waals surface area contributed by atoms with E-state index in [-0.39, 0.29) is 10.7 Å². The van der Waals surface area contributed by atoms with Crippen LogP contribution in [-0.2, 0) is 10.1 Å². The first kappa shape index (κ1) is 28.7. The summed E-state index contributed by atoms with van der Waals surface area (Å²) in [4.78, 5) is 16.0. The third-order valence-electron chi connectivity index (χ3n) is 5.89. The molecule has 7 nitrogen and oxygen atoms in total. The molecule has 38 heavy (non-hydrogen) atoms. The predicted molar refractivity (Wildman–Crippen MR) is 150 cm³/mol. The number of ether oxygens (including phenoxy) is 1. The molecule has 0 radical (unpaired) electrons. The van der Waals surface area contributed by atoms with E-state index in [0.29, 0.717) is 17.7 Å². The number of ketones is 1. The van der Waals surface area contributed by atoms with Crippen molar-refractivity contribution in [2.75, 3.05) is 13.2 Å². The monoisotopic (exact) mass is 534 g/mol. The molecule has 1 aliphatic heterocycles. The molecule has 0 spiro atoms. The van der Waals surface area contributed by atoms with E-state index >= 15 is 0 Å². The second-order valence-corrected chi connectivity index (χ2v) is 10.3. The van der Waals surface area contributed by atoms with Gasteiger partial charge in [-0.15, -0.1) is 0 Å². The van der Waals surface area contributed by atoms with Crippen molar-refractivity contribution in [2.24, 2.45) is 0 Å². The van der Waals surface area contributed by atoms with Crippen LogP contribution in [0.2, 0.25) is 0 Å². The van der Waals surface area contributed by atoms with E-state index in [2.05, 4.69) is 35.7 Å². The Morgan fingerprint density at radius 3 is 1.95 bits per heavy atom. The molecule has 0 saturated heterocycles. The highest BCUT2D eigenvalue weighted by Gasteiger charge is 2.15. The van der Waals surface area contributed by atoms with Gasteiger partial charge in [0.05, 0.1) is 11.6 Å². The highest BCUT2D eigenvalue weighted by Crippen LogP contribution is 2.26. The van der Waals surface area contributed by atoms with Crippen LogP contribution in [0.1, 0.15) is 48.2 Å². The van der Waals surface area contributed by atoms with Crippen molar-refractivity contribution in [3.05, 3.63) is 108 Å². The molecule has 3 aromatic carbocycles. The number of hydrogen-bond acceptors (Lipinski definition) is 6. The Hall–Kier alpha value is -3.88. The van der Waals surface area contributed by atoms with Gasteiger partial charge in [0.25, 0.3) is 10.1 Å². The van der Waals surface area contributed by atoms with Crippen LogP contribution in [0, 0.1) is 6.92 Å². The fourth-order valence-electron chi connectivity index (χ4n) is 3.71. The van der Waals surface area contributed by atoms with E-state index in [9.17, 15) is 13.2 Å². The summed E-state index contributed by atoms with van der Waals surface area (Å²) in [5, 5.41) is 0. The number of aryl methyl sites for hydroxylation is 1. The van der Waals surface area contributed by atoms with Crippen LogP contribution >= 0.6 is 0 Å². The maximum Gasteiger partial charge on any atom is 0.294 e. The summed E-state index contributed by atoms with van der Waals surface area (Å²) >= 11 is 0. The Labute approximate surface area is 225 Å². The van der Waals surface area contributed by atoms with E-state index in [1.165, 1.54) is 12.1 Å². The van der Waals surface area contributed by atoms with Crippen molar-refractivity contribution in [3.63, 3.8) is 0 Å². The number of nitrogens with zero attached hydrogens (tertiary/aromatic N) is 2. The molecule has 0 atom stereocenters. The molecule has 1 aliphatic rings. The number of Topliss-reactive ketones (excluding diaryl/α,β-unsaturated/α-hetero) is 1. The summed E-state index contributed by atoms with van der Waals surface area (Å²) in [7, 11) is -4.02. The van der Waals surface area contributed by atoms with Crippen molar-refractivity contribution in [2.45, 2.75) is 38.5 Å². The fraction of sp³-hybridized carbons (Fsp3) is 0.233. The summed E-state index contributed by atoms with van der Waals surface area (Å²) in [5.74, 6) is 1.61. The maximum atomic E-state index is 11.7. The van der Waals surface area contributed by atoms with Gasteiger partial charge in [0.15, 0.2) is 5.78 Å². The largest absolute Gasteiger partial charge is 0.457 e. The zero-order valence-electron chi connectivity index (χ0n) is 22.0. The van der Waals surface area contributed by atoms with Crippen LogP contribution < -0.4 is 4.74 Å². The lowest BCUT2D eigenvalue weighted by Crippen LogP contribution is -2.24. The summed E-state index contributed by atoms with van der Waals surface area (Å²) in [5.41, 5.74) is 3.71. The Balaban J connectivity index is 0.000000304. The molecule has 4 rings (SSSR count). The van der Waals surface area contributed by atoms with E-state index in [0.717, 1.165) is 42.2 Å².